The summed E-state index contributed by atoms with van der Waals surface area (Å²) in [5, 5.41) is 15.0. The van der Waals surface area contributed by atoms with Gasteiger partial charge in [0.15, 0.2) is 0 Å². The van der Waals surface area contributed by atoms with Gasteiger partial charge in [-0.25, -0.2) is 0 Å². The molecule has 4 nitrogen and oxygen atoms in total. The monoisotopic (exact) mass is 1600 g/mol. The first-order valence-electron chi connectivity index (χ1n) is 41.3. The third-order valence-electron chi connectivity index (χ3n) is 26.3. The predicted octanol–water partition coefficient (Wildman–Crippen LogP) is 30.7. The number of rotatable bonds is 9. The zero-order valence-corrected chi connectivity index (χ0v) is 68.9. The Bertz CT molecular complexity index is 7730. The summed E-state index contributed by atoms with van der Waals surface area (Å²) in [5.41, 5.74) is 32.7. The van der Waals surface area contributed by atoms with E-state index in [4.69, 9.17) is 0 Å². The van der Waals surface area contributed by atoms with E-state index >= 15 is 0 Å². The van der Waals surface area contributed by atoms with Gasteiger partial charge < -0.3 is 18.9 Å². The number of benzene rings is 18. The molecule has 2 aliphatic heterocycles. The minimum atomic E-state index is -0.317. The van der Waals surface area contributed by atoms with Crippen LogP contribution in [-0.2, 0) is 0 Å². The fourth-order valence-electron chi connectivity index (χ4n) is 20.8. The molecule has 0 aliphatic carbocycles. The molecule has 560 valence electrons. The molecular weight excluding hydrogens is 1530 g/mol. The molecule has 0 N–H and O–H groups in total. The quantitative estimate of drug-likeness (QED) is 0.134. The summed E-state index contributed by atoms with van der Waals surface area (Å²) < 4.78 is 15.2. The Balaban J connectivity index is 0.864. The smallest absolute Gasteiger partial charge is 0.252 e. The minimum absolute atomic E-state index is 0.317. The second kappa shape index (κ2) is 26.1. The number of anilines is 6. The van der Waals surface area contributed by atoms with Crippen LogP contribution in [0.3, 0.4) is 0 Å². The molecule has 0 unspecified atom stereocenters. The summed E-state index contributed by atoms with van der Waals surface area (Å²) in [6.07, 6.45) is 0. The van der Waals surface area contributed by atoms with Gasteiger partial charge in [-0.05, 0) is 150 Å². The van der Waals surface area contributed by atoms with Gasteiger partial charge in [0.2, 0.25) is 0 Å². The number of hydrogen-bond acceptors (Lipinski definition) is 6. The Hall–Kier alpha value is -13.9. The van der Waals surface area contributed by atoms with Crippen molar-refractivity contribution in [1.82, 2.24) is 9.13 Å². The van der Waals surface area contributed by atoms with Gasteiger partial charge in [0.25, 0.3) is 6.71 Å². The average molecular weight is 1600 g/mol. The third kappa shape index (κ3) is 9.80. The van der Waals surface area contributed by atoms with Crippen LogP contribution in [0.25, 0.3) is 191 Å². The molecule has 9 heteroatoms. The van der Waals surface area contributed by atoms with Gasteiger partial charge >= 0.3 is 0 Å². The first kappa shape index (κ1) is 68.2. The van der Waals surface area contributed by atoms with Crippen molar-refractivity contribution in [1.29, 1.82) is 0 Å². The van der Waals surface area contributed by atoms with Crippen LogP contribution < -0.4 is 26.2 Å². The molecular formula is C111H69BN4S4. The van der Waals surface area contributed by atoms with E-state index in [0.717, 1.165) is 101 Å². The first-order chi connectivity index (χ1) is 59.3. The lowest BCUT2D eigenvalue weighted by molar-refractivity contribution is 1.17. The van der Waals surface area contributed by atoms with Crippen LogP contribution in [-0.4, -0.2) is 15.8 Å². The Kier molecular flexibility index (Phi) is 14.8. The molecule has 24 aromatic rings. The van der Waals surface area contributed by atoms with Crippen LogP contribution in [0.4, 0.5) is 34.1 Å². The van der Waals surface area contributed by atoms with Crippen molar-refractivity contribution < 1.29 is 0 Å². The van der Waals surface area contributed by atoms with Gasteiger partial charge in [0, 0.05) is 181 Å². The molecule has 0 atom stereocenters. The highest BCUT2D eigenvalue weighted by Crippen LogP contribution is 2.58. The standard InChI is InChI=1S/C111H69BN4S4/c1-64-58-67(59-65(2)66(64)3)68-60-99-105-100(61-68)116(107-81(89-44-24-40-85-77-32-10-18-52-103(77)119-110(85)89)36-21-37-82(107)90-45-25-41-86-78-33-11-19-53-104(78)120-111(86)90)98-63-70(114-95-48-14-6-28-73(95)74-29-7-15-49-96(74)114)55-57-92(98)112(105)91-56-54-69(113-93-46-12-4-26-71(93)72-27-5-13-47-94(72)113)62-97(91)115(99)106-79(87-42-22-38-83-75-30-8-16-50-101(75)117-108(83)87)34-20-35-80(106)88-43-23-39-84-76-31-9-17-51-102(76)118-109(84)88/h4-63H,1-3H3. The molecule has 2 aliphatic rings. The second-order valence-corrected chi connectivity index (χ2v) is 36.7. The Morgan fingerprint density at radius 3 is 0.817 bits per heavy atom. The van der Waals surface area contributed by atoms with Crippen LogP contribution in [0.2, 0.25) is 0 Å². The molecule has 0 spiro atoms. The molecule has 0 radical (unpaired) electrons. The number of hydrogen-bond donors (Lipinski definition) is 0. The van der Waals surface area contributed by atoms with E-state index in [-0.39, 0.29) is 6.71 Å². The number of aryl methyl sites for hydroxylation is 2. The molecule has 8 heterocycles. The maximum absolute atomic E-state index is 2.79. The second-order valence-electron chi connectivity index (χ2n) is 32.5. The molecule has 0 fully saturated rings. The average Bonchev–Trinajstić information content (AvgIpc) is 1.10. The van der Waals surface area contributed by atoms with Crippen molar-refractivity contribution in [2.75, 3.05) is 9.80 Å². The van der Waals surface area contributed by atoms with Gasteiger partial charge in [-0.3, -0.25) is 0 Å². The first-order valence-corrected chi connectivity index (χ1v) is 44.6. The van der Waals surface area contributed by atoms with Crippen LogP contribution in [0, 0.1) is 20.8 Å². The van der Waals surface area contributed by atoms with E-state index in [1.165, 1.54) is 158 Å². The summed E-state index contributed by atoms with van der Waals surface area (Å²) in [6.45, 7) is 6.58. The highest BCUT2D eigenvalue weighted by molar-refractivity contribution is 7.27. The number of fused-ring (bicyclic) bond motifs is 22. The van der Waals surface area contributed by atoms with E-state index < -0.39 is 0 Å². The highest BCUT2D eigenvalue weighted by Gasteiger charge is 2.46. The van der Waals surface area contributed by atoms with E-state index in [1.54, 1.807) is 0 Å². The van der Waals surface area contributed by atoms with Crippen LogP contribution in [0.1, 0.15) is 16.7 Å². The topological polar surface area (TPSA) is 16.3 Å². The van der Waals surface area contributed by atoms with Crippen LogP contribution >= 0.6 is 45.3 Å². The Morgan fingerprint density at radius 2 is 0.492 bits per heavy atom. The zero-order chi connectivity index (χ0) is 78.9. The lowest BCUT2D eigenvalue weighted by Gasteiger charge is -2.46. The fraction of sp³-hybridized carbons (Fsp3) is 0.0270. The van der Waals surface area contributed by atoms with Crippen molar-refractivity contribution >= 4 is 227 Å². The largest absolute Gasteiger partial charge is 0.310 e. The van der Waals surface area contributed by atoms with Crippen LogP contribution in [0.5, 0.6) is 0 Å². The molecule has 26 rings (SSSR count). The molecule has 0 saturated heterocycles. The summed E-state index contributed by atoms with van der Waals surface area (Å²) in [4.78, 5) is 5.58. The molecule has 6 aromatic heterocycles. The van der Waals surface area contributed by atoms with Gasteiger partial charge in [-0.1, -0.05) is 279 Å². The number of aromatic nitrogens is 2. The highest BCUT2D eigenvalue weighted by atomic mass is 32.1. The number of thiophene rings is 4. The fourth-order valence-corrected chi connectivity index (χ4v) is 25.7. The van der Waals surface area contributed by atoms with Gasteiger partial charge in [0.1, 0.15) is 0 Å². The molecule has 18 aromatic carbocycles. The molecule has 0 bridgehead atoms. The summed E-state index contributed by atoms with van der Waals surface area (Å²) >= 11 is 7.62. The van der Waals surface area contributed by atoms with Gasteiger partial charge in [-0.15, -0.1) is 45.3 Å². The number of para-hydroxylation sites is 6. The lowest BCUT2D eigenvalue weighted by atomic mass is 9.33. The van der Waals surface area contributed by atoms with Crippen molar-refractivity contribution in [2.24, 2.45) is 0 Å². The minimum Gasteiger partial charge on any atom is -0.310 e. The zero-order valence-electron chi connectivity index (χ0n) is 65.6. The van der Waals surface area contributed by atoms with Crippen molar-refractivity contribution in [2.45, 2.75) is 20.8 Å². The van der Waals surface area contributed by atoms with Gasteiger partial charge in [-0.2, -0.15) is 0 Å². The number of nitrogens with zero attached hydrogens (tertiary/aromatic N) is 4. The Labute approximate surface area is 708 Å². The van der Waals surface area contributed by atoms with Crippen LogP contribution in [0.15, 0.2) is 364 Å². The van der Waals surface area contributed by atoms with Crippen molar-refractivity contribution in [3.63, 3.8) is 0 Å². The maximum atomic E-state index is 2.79. The lowest BCUT2D eigenvalue weighted by Crippen LogP contribution is -2.61. The molecule has 0 saturated carbocycles. The molecule has 0 amide bonds. The van der Waals surface area contributed by atoms with E-state index in [1.807, 2.05) is 45.3 Å². The van der Waals surface area contributed by atoms with Gasteiger partial charge in [0.05, 0.1) is 33.4 Å². The van der Waals surface area contributed by atoms with Crippen molar-refractivity contribution in [3.8, 4) is 67.0 Å². The maximum Gasteiger partial charge on any atom is 0.252 e. The molecule has 120 heavy (non-hydrogen) atoms. The van der Waals surface area contributed by atoms with Crippen molar-refractivity contribution in [3.05, 3.63) is 381 Å². The summed E-state index contributed by atoms with van der Waals surface area (Å²) in [6, 6.07) is 140. The summed E-state index contributed by atoms with van der Waals surface area (Å²) in [7, 11) is 0. The Morgan fingerprint density at radius 1 is 0.225 bits per heavy atom. The van der Waals surface area contributed by atoms with E-state index in [2.05, 4.69) is 404 Å². The third-order valence-corrected chi connectivity index (χ3v) is 31.2. The predicted molar refractivity (Wildman–Crippen MR) is 522 cm³/mol. The normalized spacial score (nSPS) is 12.7. The van der Waals surface area contributed by atoms with E-state index in [0.29, 0.717) is 0 Å². The SMILES string of the molecule is Cc1cc(-c2cc3c4c(c2)N(c2c(-c5cccc6c5sc5ccccc56)cccc2-c2cccc5c2sc2ccccc25)c2cc(-n5c6ccccc6c6ccccc65)ccc2B4c2ccc(-n4c5ccccc5c5ccccc54)cc2N3c2c(-c3cccc4c3sc3ccccc34)cccc2-c2cccc3c2sc2ccccc23)cc(C)c1C. The summed E-state index contributed by atoms with van der Waals surface area (Å²) in [5.74, 6) is 0. The van der Waals surface area contributed by atoms with E-state index in [9.17, 15) is 0 Å².